The van der Waals surface area contributed by atoms with Crippen molar-refractivity contribution in [3.8, 4) is 5.75 Å². The van der Waals surface area contributed by atoms with Crippen molar-refractivity contribution in [3.63, 3.8) is 0 Å². The van der Waals surface area contributed by atoms with Crippen molar-refractivity contribution in [1.82, 2.24) is 0 Å². The third kappa shape index (κ3) is 3.72. The molecule has 0 saturated heterocycles. The van der Waals surface area contributed by atoms with Gasteiger partial charge >= 0.3 is 5.97 Å². The van der Waals surface area contributed by atoms with Crippen LogP contribution in [0, 0.1) is 5.41 Å². The van der Waals surface area contributed by atoms with E-state index in [-0.39, 0.29) is 11.8 Å². The first-order chi connectivity index (χ1) is 9.04. The Morgan fingerprint density at radius 1 is 1.37 bits per heavy atom. The van der Waals surface area contributed by atoms with Crippen LogP contribution in [0.3, 0.4) is 0 Å². The molecule has 2 rings (SSSR count). The Morgan fingerprint density at radius 2 is 2.00 bits per heavy atom. The molecule has 0 radical (unpaired) electrons. The van der Waals surface area contributed by atoms with Gasteiger partial charge in [0.25, 0.3) is 0 Å². The van der Waals surface area contributed by atoms with Gasteiger partial charge in [0.15, 0.2) is 0 Å². The molecule has 1 saturated carbocycles. The summed E-state index contributed by atoms with van der Waals surface area (Å²) in [6.45, 7) is 4.90. The molecular weight excluding hydrogens is 240 g/mol. The van der Waals surface area contributed by atoms with Crippen molar-refractivity contribution >= 4 is 5.97 Å². The van der Waals surface area contributed by atoms with Gasteiger partial charge in [-0.3, -0.25) is 4.79 Å². The third-order valence-electron chi connectivity index (χ3n) is 4.09. The molecule has 0 aromatic heterocycles. The van der Waals surface area contributed by atoms with Gasteiger partial charge in [-0.1, -0.05) is 26.0 Å². The Labute approximate surface area is 114 Å². The van der Waals surface area contributed by atoms with Crippen molar-refractivity contribution < 1.29 is 14.6 Å². The van der Waals surface area contributed by atoms with E-state index in [1.54, 1.807) is 0 Å². The van der Waals surface area contributed by atoms with E-state index in [0.717, 1.165) is 25.0 Å². The molecular formula is C16H22O3. The molecule has 1 aromatic carbocycles. The van der Waals surface area contributed by atoms with Crippen molar-refractivity contribution in [1.29, 1.82) is 0 Å². The Balaban J connectivity index is 1.88. The van der Waals surface area contributed by atoms with Crippen LogP contribution in [-0.4, -0.2) is 17.7 Å². The Hall–Kier alpha value is -1.51. The maximum absolute atomic E-state index is 10.8. The predicted octanol–water partition coefficient (Wildman–Crippen LogP) is 3.83. The van der Waals surface area contributed by atoms with Gasteiger partial charge in [-0.05, 0) is 42.9 Å². The van der Waals surface area contributed by atoms with Gasteiger partial charge in [-0.25, -0.2) is 0 Å². The minimum absolute atomic E-state index is 0.110. The predicted molar refractivity (Wildman–Crippen MR) is 74.6 cm³/mol. The van der Waals surface area contributed by atoms with E-state index in [2.05, 4.69) is 26.0 Å². The van der Waals surface area contributed by atoms with Gasteiger partial charge in [0.1, 0.15) is 5.75 Å². The maximum Gasteiger partial charge on any atom is 0.304 e. The van der Waals surface area contributed by atoms with E-state index in [1.165, 1.54) is 5.56 Å². The van der Waals surface area contributed by atoms with Gasteiger partial charge < -0.3 is 9.84 Å². The van der Waals surface area contributed by atoms with E-state index < -0.39 is 5.97 Å². The Morgan fingerprint density at radius 3 is 2.47 bits per heavy atom. The second-order valence-corrected chi connectivity index (χ2v) is 5.74. The summed E-state index contributed by atoms with van der Waals surface area (Å²) in [7, 11) is 0. The molecule has 1 N–H and O–H groups in total. The number of hydrogen-bond acceptors (Lipinski definition) is 2. The fraction of sp³-hybridized carbons (Fsp3) is 0.562. The largest absolute Gasteiger partial charge is 0.493 e. The molecule has 19 heavy (non-hydrogen) atoms. The lowest BCUT2D eigenvalue weighted by Gasteiger charge is -2.15. The summed E-state index contributed by atoms with van der Waals surface area (Å²) in [6.07, 6.45) is 3.27. The molecule has 1 aliphatic carbocycles. The number of benzene rings is 1. The molecule has 1 aliphatic rings. The third-order valence-corrected chi connectivity index (χ3v) is 4.09. The molecule has 1 fully saturated rings. The van der Waals surface area contributed by atoms with Crippen LogP contribution in [0.2, 0.25) is 0 Å². The number of rotatable bonds is 7. The molecule has 0 aliphatic heterocycles. The van der Waals surface area contributed by atoms with E-state index >= 15 is 0 Å². The highest BCUT2D eigenvalue weighted by Gasteiger charge is 2.45. The summed E-state index contributed by atoms with van der Waals surface area (Å²) in [5.41, 5.74) is 1.21. The van der Waals surface area contributed by atoms with Crippen LogP contribution < -0.4 is 4.74 Å². The highest BCUT2D eigenvalue weighted by Crippen LogP contribution is 2.49. The fourth-order valence-corrected chi connectivity index (χ4v) is 2.23. The number of carboxylic acids is 1. The molecule has 104 valence electrons. The lowest BCUT2D eigenvalue weighted by molar-refractivity contribution is -0.138. The smallest absolute Gasteiger partial charge is 0.304 e. The number of aliphatic carboxylic acids is 1. The molecule has 3 heteroatoms. The maximum atomic E-state index is 10.8. The van der Waals surface area contributed by atoms with Gasteiger partial charge in [0.2, 0.25) is 0 Å². The Bertz CT molecular complexity index is 432. The monoisotopic (exact) mass is 262 g/mol. The second-order valence-electron chi connectivity index (χ2n) is 5.74. The first kappa shape index (κ1) is 13.9. The first-order valence-electron chi connectivity index (χ1n) is 6.99. The summed E-state index contributed by atoms with van der Waals surface area (Å²) < 4.78 is 5.74. The molecule has 1 unspecified atom stereocenters. The zero-order valence-corrected chi connectivity index (χ0v) is 11.7. The SMILES string of the molecule is CCC(C)c1ccc(OCC2(CC(=O)O)CC2)cc1. The summed E-state index contributed by atoms with van der Waals surface area (Å²) >= 11 is 0. The zero-order valence-electron chi connectivity index (χ0n) is 11.7. The standard InChI is InChI=1S/C16H22O3/c1-3-12(2)13-4-6-14(7-5-13)19-11-16(8-9-16)10-15(17)18/h4-7,12H,3,8-11H2,1-2H3,(H,17,18). The van der Waals surface area contributed by atoms with Gasteiger partial charge in [-0.2, -0.15) is 0 Å². The number of ether oxygens (including phenoxy) is 1. The molecule has 0 spiro atoms. The molecule has 0 heterocycles. The average Bonchev–Trinajstić information content (AvgIpc) is 3.15. The van der Waals surface area contributed by atoms with Crippen molar-refractivity contribution in [2.75, 3.05) is 6.61 Å². The van der Waals surface area contributed by atoms with Gasteiger partial charge in [-0.15, -0.1) is 0 Å². The topological polar surface area (TPSA) is 46.5 Å². The van der Waals surface area contributed by atoms with Crippen LogP contribution in [0.5, 0.6) is 5.75 Å². The van der Waals surface area contributed by atoms with Crippen LogP contribution in [0.1, 0.15) is 51.0 Å². The van der Waals surface area contributed by atoms with Crippen molar-refractivity contribution in [2.24, 2.45) is 5.41 Å². The van der Waals surface area contributed by atoms with Crippen molar-refractivity contribution in [3.05, 3.63) is 29.8 Å². The minimum atomic E-state index is -0.729. The summed E-state index contributed by atoms with van der Waals surface area (Å²) in [5.74, 6) is 0.674. The first-order valence-corrected chi connectivity index (χ1v) is 6.99. The van der Waals surface area contributed by atoms with Crippen LogP contribution >= 0.6 is 0 Å². The fourth-order valence-electron chi connectivity index (χ4n) is 2.23. The molecule has 0 amide bonds. The molecule has 3 nitrogen and oxygen atoms in total. The van der Waals surface area contributed by atoms with Crippen LogP contribution in [0.25, 0.3) is 0 Å². The van der Waals surface area contributed by atoms with Crippen LogP contribution in [0.15, 0.2) is 24.3 Å². The zero-order chi connectivity index (χ0) is 13.9. The van der Waals surface area contributed by atoms with Crippen LogP contribution in [-0.2, 0) is 4.79 Å². The normalized spacial score (nSPS) is 17.8. The molecule has 0 bridgehead atoms. The van der Waals surface area contributed by atoms with E-state index in [1.807, 2.05) is 12.1 Å². The van der Waals surface area contributed by atoms with Gasteiger partial charge in [0.05, 0.1) is 13.0 Å². The van der Waals surface area contributed by atoms with E-state index in [9.17, 15) is 4.79 Å². The molecule has 1 aromatic rings. The quantitative estimate of drug-likeness (QED) is 0.812. The van der Waals surface area contributed by atoms with E-state index in [0.29, 0.717) is 12.5 Å². The summed E-state index contributed by atoms with van der Waals surface area (Å²) in [5, 5.41) is 8.86. The minimum Gasteiger partial charge on any atom is -0.493 e. The lowest BCUT2D eigenvalue weighted by Crippen LogP contribution is -2.17. The highest BCUT2D eigenvalue weighted by atomic mass is 16.5. The van der Waals surface area contributed by atoms with Gasteiger partial charge in [0, 0.05) is 5.41 Å². The number of hydrogen-bond donors (Lipinski definition) is 1. The highest BCUT2D eigenvalue weighted by molar-refractivity contribution is 5.68. The van der Waals surface area contributed by atoms with Crippen LogP contribution in [0.4, 0.5) is 0 Å². The summed E-state index contributed by atoms with van der Waals surface area (Å²) in [4.78, 5) is 10.8. The Kier molecular flexibility index (Phi) is 4.13. The van der Waals surface area contributed by atoms with E-state index in [4.69, 9.17) is 9.84 Å². The average molecular weight is 262 g/mol. The lowest BCUT2D eigenvalue weighted by atomic mass is 9.99. The number of carbonyl (C=O) groups is 1. The number of carboxylic acid groups (broad SMARTS) is 1. The molecule has 1 atom stereocenters. The summed E-state index contributed by atoms with van der Waals surface area (Å²) in [6, 6.07) is 8.16. The van der Waals surface area contributed by atoms with Crippen molar-refractivity contribution in [2.45, 2.75) is 45.4 Å². The second kappa shape index (κ2) is 5.64.